The van der Waals surface area contributed by atoms with Crippen molar-refractivity contribution in [2.45, 2.75) is 40.0 Å². The maximum atomic E-state index is 12.5. The molecule has 0 saturated heterocycles. The Bertz CT molecular complexity index is 687. The number of nitrogens with one attached hydrogen (secondary N) is 2. The van der Waals surface area contributed by atoms with E-state index in [9.17, 15) is 4.79 Å². The van der Waals surface area contributed by atoms with Crippen molar-refractivity contribution in [2.75, 3.05) is 5.32 Å². The van der Waals surface area contributed by atoms with Gasteiger partial charge >= 0.3 is 0 Å². The molecule has 0 aliphatic heterocycles. The van der Waals surface area contributed by atoms with E-state index in [1.165, 1.54) is 5.56 Å². The van der Waals surface area contributed by atoms with Crippen molar-refractivity contribution in [1.29, 1.82) is 0 Å². The van der Waals surface area contributed by atoms with E-state index in [-0.39, 0.29) is 11.8 Å². The van der Waals surface area contributed by atoms with Crippen molar-refractivity contribution in [3.8, 4) is 0 Å². The summed E-state index contributed by atoms with van der Waals surface area (Å²) < 4.78 is 0. The molecule has 4 heteroatoms. The highest BCUT2D eigenvalue weighted by atomic mass is 16.1. The highest BCUT2D eigenvalue weighted by Gasteiger charge is 2.27. The van der Waals surface area contributed by atoms with Crippen molar-refractivity contribution < 1.29 is 4.79 Å². The van der Waals surface area contributed by atoms with Crippen molar-refractivity contribution in [3.63, 3.8) is 0 Å². The molecule has 110 valence electrons. The minimum absolute atomic E-state index is 0.0252. The molecule has 0 fully saturated rings. The van der Waals surface area contributed by atoms with Crippen LogP contribution in [0.15, 0.2) is 18.2 Å². The Labute approximate surface area is 125 Å². The second-order valence-electron chi connectivity index (χ2n) is 5.92. The minimum Gasteiger partial charge on any atom is -0.346 e. The fourth-order valence-electron chi connectivity index (χ4n) is 2.97. The average Bonchev–Trinajstić information content (AvgIpc) is 2.82. The zero-order valence-electron chi connectivity index (χ0n) is 12.8. The molecule has 1 aliphatic rings. The van der Waals surface area contributed by atoms with Gasteiger partial charge in [0.1, 0.15) is 5.82 Å². The largest absolute Gasteiger partial charge is 0.346 e. The third-order valence-corrected chi connectivity index (χ3v) is 4.40. The number of H-pyrrole nitrogens is 1. The Kier molecular flexibility index (Phi) is 3.53. The van der Waals surface area contributed by atoms with Crippen LogP contribution in [-0.4, -0.2) is 15.9 Å². The van der Waals surface area contributed by atoms with Gasteiger partial charge in [0.05, 0.1) is 5.69 Å². The van der Waals surface area contributed by atoms with Crippen molar-refractivity contribution in [1.82, 2.24) is 9.97 Å². The Morgan fingerprint density at radius 1 is 1.33 bits per heavy atom. The van der Waals surface area contributed by atoms with Crippen LogP contribution in [0.1, 0.15) is 34.8 Å². The number of hydrogen-bond acceptors (Lipinski definition) is 2. The molecule has 0 bridgehead atoms. The van der Waals surface area contributed by atoms with Gasteiger partial charge in [0.25, 0.3) is 0 Å². The maximum Gasteiger partial charge on any atom is 0.227 e. The Hall–Kier alpha value is -2.10. The van der Waals surface area contributed by atoms with Gasteiger partial charge in [0, 0.05) is 23.7 Å². The number of carbonyl (C=O) groups excluding carboxylic acids is 1. The number of nitrogens with zero attached hydrogens (tertiary/aromatic N) is 1. The fourth-order valence-corrected chi connectivity index (χ4v) is 2.97. The third-order valence-electron chi connectivity index (χ3n) is 4.40. The van der Waals surface area contributed by atoms with Crippen molar-refractivity contribution in [3.05, 3.63) is 46.5 Å². The molecule has 2 aromatic rings. The zero-order valence-corrected chi connectivity index (χ0v) is 12.8. The Morgan fingerprint density at radius 3 is 2.95 bits per heavy atom. The molecule has 1 aromatic heterocycles. The summed E-state index contributed by atoms with van der Waals surface area (Å²) >= 11 is 0. The van der Waals surface area contributed by atoms with Gasteiger partial charge in [-0.25, -0.2) is 4.98 Å². The second-order valence-corrected chi connectivity index (χ2v) is 5.92. The molecule has 3 rings (SSSR count). The number of amides is 1. The molecule has 1 aromatic carbocycles. The molecule has 1 amide bonds. The highest BCUT2D eigenvalue weighted by molar-refractivity contribution is 5.93. The van der Waals surface area contributed by atoms with Gasteiger partial charge in [-0.1, -0.05) is 12.1 Å². The van der Waals surface area contributed by atoms with Crippen LogP contribution in [0.5, 0.6) is 0 Å². The number of imidazole rings is 1. The van der Waals surface area contributed by atoms with Crippen molar-refractivity contribution in [2.24, 2.45) is 5.92 Å². The van der Waals surface area contributed by atoms with Crippen LogP contribution in [0.2, 0.25) is 0 Å². The van der Waals surface area contributed by atoms with E-state index in [2.05, 4.69) is 28.3 Å². The van der Waals surface area contributed by atoms with Crippen molar-refractivity contribution >= 4 is 11.6 Å². The lowest BCUT2D eigenvalue weighted by molar-refractivity contribution is -0.120. The van der Waals surface area contributed by atoms with E-state index in [1.54, 1.807) is 0 Å². The predicted octanol–water partition coefficient (Wildman–Crippen LogP) is 3.08. The third kappa shape index (κ3) is 2.71. The Balaban J connectivity index is 1.73. The Morgan fingerprint density at radius 2 is 2.14 bits per heavy atom. The fraction of sp³-hybridized carbons (Fsp3) is 0.412. The lowest BCUT2D eigenvalue weighted by Gasteiger charge is -2.21. The molecule has 21 heavy (non-hydrogen) atoms. The van der Waals surface area contributed by atoms with Gasteiger partial charge in [0.15, 0.2) is 0 Å². The summed E-state index contributed by atoms with van der Waals surface area (Å²) in [6.45, 7) is 6.07. The lowest BCUT2D eigenvalue weighted by atomic mass is 9.89. The first-order valence-electron chi connectivity index (χ1n) is 7.46. The topological polar surface area (TPSA) is 57.8 Å². The number of hydrogen-bond donors (Lipinski definition) is 2. The number of aromatic nitrogens is 2. The average molecular weight is 283 g/mol. The summed E-state index contributed by atoms with van der Waals surface area (Å²) in [5.74, 6) is 1.08. The van der Waals surface area contributed by atoms with Gasteiger partial charge in [-0.05, 0) is 50.8 Å². The van der Waals surface area contributed by atoms with Crippen LogP contribution in [0.3, 0.4) is 0 Å². The van der Waals surface area contributed by atoms with E-state index < -0.39 is 0 Å². The molecule has 1 heterocycles. The van der Waals surface area contributed by atoms with Gasteiger partial charge in [-0.15, -0.1) is 0 Å². The second kappa shape index (κ2) is 5.35. The summed E-state index contributed by atoms with van der Waals surface area (Å²) in [7, 11) is 0. The van der Waals surface area contributed by atoms with Gasteiger partial charge in [-0.3, -0.25) is 4.79 Å². The predicted molar refractivity (Wildman–Crippen MR) is 83.4 cm³/mol. The molecular formula is C17H21N3O. The van der Waals surface area contributed by atoms with Crippen LogP contribution in [0.25, 0.3) is 0 Å². The summed E-state index contributed by atoms with van der Waals surface area (Å²) in [5.41, 5.74) is 5.51. The molecule has 0 spiro atoms. The first-order chi connectivity index (χ1) is 10.0. The smallest absolute Gasteiger partial charge is 0.227 e. The molecule has 4 nitrogen and oxygen atoms in total. The van der Waals surface area contributed by atoms with Crippen LogP contribution in [0.4, 0.5) is 5.69 Å². The lowest BCUT2D eigenvalue weighted by Crippen LogP contribution is -2.28. The summed E-state index contributed by atoms with van der Waals surface area (Å²) in [4.78, 5) is 20.2. The molecular weight excluding hydrogens is 262 g/mol. The van der Waals surface area contributed by atoms with E-state index >= 15 is 0 Å². The van der Waals surface area contributed by atoms with E-state index in [4.69, 9.17) is 0 Å². The number of fused-ring (bicyclic) bond motifs is 1. The van der Waals surface area contributed by atoms with E-state index in [1.807, 2.05) is 26.0 Å². The van der Waals surface area contributed by atoms with Gasteiger partial charge < -0.3 is 10.3 Å². The number of aryl methyl sites for hydroxylation is 3. The van der Waals surface area contributed by atoms with Gasteiger partial charge in [-0.2, -0.15) is 0 Å². The first kappa shape index (κ1) is 13.9. The van der Waals surface area contributed by atoms with Crippen LogP contribution in [0, 0.1) is 26.7 Å². The summed E-state index contributed by atoms with van der Waals surface area (Å²) in [6.07, 6.45) is 2.51. The minimum atomic E-state index is 0.0252. The number of aromatic amines is 1. The number of benzene rings is 1. The maximum absolute atomic E-state index is 12.5. The summed E-state index contributed by atoms with van der Waals surface area (Å²) in [5, 5.41) is 3.09. The van der Waals surface area contributed by atoms with Crippen LogP contribution in [-0.2, 0) is 17.6 Å². The quantitative estimate of drug-likeness (QED) is 0.890. The molecule has 1 atom stereocenters. The molecule has 1 aliphatic carbocycles. The van der Waals surface area contributed by atoms with Crippen LogP contribution < -0.4 is 5.32 Å². The standard InChI is InChI=1S/C17H21N3O/c1-10-5-4-6-14(11(10)2)20-17(21)13-7-8-15-16(9-13)19-12(3)18-15/h4-6,13H,7-9H2,1-3H3,(H,18,19)(H,20,21). The zero-order chi connectivity index (χ0) is 15.0. The number of carbonyl (C=O) groups is 1. The normalized spacial score (nSPS) is 17.4. The number of anilines is 1. The van der Waals surface area contributed by atoms with Crippen LogP contribution >= 0.6 is 0 Å². The SMILES string of the molecule is Cc1nc2c([nH]1)CC(C(=O)Nc1cccc(C)c1C)CC2. The molecule has 2 N–H and O–H groups in total. The summed E-state index contributed by atoms with van der Waals surface area (Å²) in [6, 6.07) is 6.01. The molecule has 0 saturated carbocycles. The van der Waals surface area contributed by atoms with Gasteiger partial charge in [0.2, 0.25) is 5.91 Å². The highest BCUT2D eigenvalue weighted by Crippen LogP contribution is 2.26. The first-order valence-corrected chi connectivity index (χ1v) is 7.46. The molecule has 0 radical (unpaired) electrons. The molecule has 1 unspecified atom stereocenters. The van der Waals surface area contributed by atoms with E-state index in [0.717, 1.165) is 47.7 Å². The van der Waals surface area contributed by atoms with E-state index in [0.29, 0.717) is 0 Å². The monoisotopic (exact) mass is 283 g/mol. The number of rotatable bonds is 2.